The van der Waals surface area contributed by atoms with E-state index in [9.17, 15) is 106 Å². The summed E-state index contributed by atoms with van der Waals surface area (Å²) in [6.07, 6.45) is -14.1. The highest BCUT2D eigenvalue weighted by molar-refractivity contribution is 5.98. The Kier molecular flexibility index (Phi) is 20.6. The van der Waals surface area contributed by atoms with Crippen LogP contribution in [-0.2, 0) is 81.8 Å². The average Bonchev–Trinajstić information content (AvgIpc) is 1.62. The second kappa shape index (κ2) is 30.1. The number of methoxy groups -OCH3 is 1. The number of fused-ring (bicyclic) bond motifs is 6. The molecule has 112 heavy (non-hydrogen) atoms. The van der Waals surface area contributed by atoms with Crippen LogP contribution in [0, 0.1) is 17.5 Å². The Morgan fingerprint density at radius 1 is 0.402 bits per heavy atom. The molecule has 0 fully saturated rings. The van der Waals surface area contributed by atoms with E-state index in [2.05, 4.69) is 50.3 Å². The third-order valence-corrected chi connectivity index (χ3v) is 18.6. The molecule has 0 unspecified atom stereocenters. The number of carbonyl (C=O) groups excluding carboxylic acids is 4. The van der Waals surface area contributed by atoms with Crippen molar-refractivity contribution in [1.82, 2.24) is 73.9 Å². The number of H-pyrrole nitrogens is 3. The van der Waals surface area contributed by atoms with Gasteiger partial charge in [0, 0.05) is 74.7 Å². The fourth-order valence-corrected chi connectivity index (χ4v) is 13.4. The number of amides is 3. The number of hydrogen-bond donors (Lipinski definition) is 5. The summed E-state index contributed by atoms with van der Waals surface area (Å²) >= 11 is 0. The summed E-state index contributed by atoms with van der Waals surface area (Å²) in [7, 11) is 1.01. The fourth-order valence-electron chi connectivity index (χ4n) is 13.4. The molecule has 0 radical (unpaired) electrons. The van der Waals surface area contributed by atoms with Crippen molar-refractivity contribution in [3.8, 4) is 0 Å². The van der Waals surface area contributed by atoms with Gasteiger partial charge in [-0.1, -0.05) is 72.8 Å². The van der Waals surface area contributed by atoms with Gasteiger partial charge < -0.3 is 43.4 Å². The summed E-state index contributed by atoms with van der Waals surface area (Å²) < 4.78 is 172. The predicted octanol–water partition coefficient (Wildman–Crippen LogP) is 9.76. The Morgan fingerprint density at radius 3 is 0.938 bits per heavy atom. The molecule has 0 bridgehead atoms. The number of nitrogens with zero attached hydrogens (tertiary/aromatic N) is 12. The molecule has 39 heteroatoms. The van der Waals surface area contributed by atoms with E-state index in [1.165, 1.54) is 36.4 Å². The summed E-state index contributed by atoms with van der Waals surface area (Å²) in [6, 6.07) is 32.1. The van der Waals surface area contributed by atoms with Gasteiger partial charge in [0.1, 0.15) is 17.5 Å². The van der Waals surface area contributed by atoms with Crippen molar-refractivity contribution >= 4 is 67.9 Å². The summed E-state index contributed by atoms with van der Waals surface area (Å²) in [6.45, 7) is -2.97. The standard InChI is InChI=1S/C25H19F4N5O4.2C24H17F4N5O4/c1-38-23(37)20-19-12-33(8-9-34(19)24(30-20)25(27,28)29)22(36)16-10-13(6-7-17(16)26)11-18-14-4-2-3-5-15(14)21(35)32-31-18;2*25-16-6-5-12(10-17-13-3-1-2-4-14(13)20(34)31-30-17)9-15(16)21(35)32-7-8-33-18(11-32)19(22(36)37)29-23(33)24(26,27)28/h2-7,10H,8-9,11-12H2,1H3,(H,32,35);2*1-6,9H,7-8,10-11H2,(H,31,34)(H,36,37). The van der Waals surface area contributed by atoms with Crippen LogP contribution >= 0.6 is 0 Å². The second-order valence-electron chi connectivity index (χ2n) is 25.5. The van der Waals surface area contributed by atoms with E-state index >= 15 is 0 Å². The van der Waals surface area contributed by atoms with Crippen LogP contribution in [0.2, 0.25) is 0 Å². The molecule has 576 valence electrons. The van der Waals surface area contributed by atoms with Gasteiger partial charge in [0.25, 0.3) is 34.4 Å². The van der Waals surface area contributed by atoms with E-state index in [-0.39, 0.29) is 109 Å². The molecule has 0 saturated carbocycles. The molecule has 27 nitrogen and oxygen atoms in total. The number of halogens is 12. The Hall–Kier alpha value is -13.7. The largest absolute Gasteiger partial charge is 0.476 e. The number of ether oxygens (including phenoxy) is 1. The Labute approximate surface area is 618 Å². The third kappa shape index (κ3) is 15.2. The van der Waals surface area contributed by atoms with Gasteiger partial charge in [0.2, 0.25) is 17.5 Å². The van der Waals surface area contributed by atoms with Crippen molar-refractivity contribution in [1.29, 1.82) is 0 Å². The molecule has 6 aromatic carbocycles. The van der Waals surface area contributed by atoms with Crippen molar-refractivity contribution in [2.24, 2.45) is 0 Å². The molecule has 0 aliphatic carbocycles. The molecule has 0 saturated heterocycles. The van der Waals surface area contributed by atoms with Crippen LogP contribution in [0.4, 0.5) is 52.7 Å². The maximum atomic E-state index is 14.8. The summed E-state index contributed by atoms with van der Waals surface area (Å²) in [5.74, 6) is -13.3. The molecular weight excluding hydrogens is 1510 g/mol. The zero-order valence-electron chi connectivity index (χ0n) is 57.5. The topological polar surface area (TPSA) is 353 Å². The number of carboxylic acid groups (broad SMARTS) is 2. The maximum Gasteiger partial charge on any atom is 0.449 e. The maximum absolute atomic E-state index is 14.8. The number of carbonyl (C=O) groups is 6. The number of rotatable bonds is 12. The summed E-state index contributed by atoms with van der Waals surface area (Å²) in [5, 5.41) is 41.2. The molecular formula is C73H53F12N15O12. The van der Waals surface area contributed by atoms with Gasteiger partial charge in [-0.2, -0.15) is 54.8 Å². The van der Waals surface area contributed by atoms with Gasteiger partial charge in [-0.25, -0.2) is 57.8 Å². The van der Waals surface area contributed by atoms with Crippen LogP contribution in [-0.4, -0.2) is 147 Å². The summed E-state index contributed by atoms with van der Waals surface area (Å²) in [4.78, 5) is 124. The van der Waals surface area contributed by atoms with Gasteiger partial charge in [-0.05, 0) is 71.3 Å². The lowest BCUT2D eigenvalue weighted by Crippen LogP contribution is -2.40. The molecule has 12 aromatic rings. The van der Waals surface area contributed by atoms with E-state index in [1.54, 1.807) is 72.8 Å². The van der Waals surface area contributed by atoms with Crippen molar-refractivity contribution in [3.05, 3.63) is 278 Å². The number of aromatic nitrogens is 12. The smallest absolute Gasteiger partial charge is 0.449 e. The lowest BCUT2D eigenvalue weighted by atomic mass is 10.0. The van der Waals surface area contributed by atoms with Crippen molar-refractivity contribution in [2.75, 3.05) is 26.7 Å². The van der Waals surface area contributed by atoms with Crippen LogP contribution in [0.15, 0.2) is 142 Å². The lowest BCUT2D eigenvalue weighted by molar-refractivity contribution is -0.148. The predicted molar refractivity (Wildman–Crippen MR) is 366 cm³/mol. The molecule has 0 spiro atoms. The minimum Gasteiger partial charge on any atom is -0.476 e. The van der Waals surface area contributed by atoms with Gasteiger partial charge >= 0.3 is 36.4 Å². The highest BCUT2D eigenvalue weighted by atomic mass is 19.4. The molecule has 3 aliphatic heterocycles. The molecule has 3 amide bonds. The number of esters is 1. The normalized spacial score (nSPS) is 13.5. The number of hydrogen-bond acceptors (Lipinski definition) is 16. The van der Waals surface area contributed by atoms with Crippen molar-refractivity contribution in [3.63, 3.8) is 0 Å². The highest BCUT2D eigenvalue weighted by Gasteiger charge is 2.45. The number of aromatic carboxylic acids is 2. The lowest BCUT2D eigenvalue weighted by Gasteiger charge is -2.29. The highest BCUT2D eigenvalue weighted by Crippen LogP contribution is 2.37. The Bertz CT molecular complexity index is 5800. The van der Waals surface area contributed by atoms with Crippen LogP contribution in [0.5, 0.6) is 0 Å². The number of nitrogens with one attached hydrogen (secondary N) is 3. The minimum atomic E-state index is -4.88. The van der Waals surface area contributed by atoms with Gasteiger partial charge in [-0.3, -0.25) is 28.8 Å². The number of aromatic amines is 3. The van der Waals surface area contributed by atoms with E-state index in [1.807, 2.05) is 0 Å². The zero-order chi connectivity index (χ0) is 80.2. The molecule has 6 aromatic heterocycles. The second-order valence-corrected chi connectivity index (χ2v) is 25.5. The SMILES string of the molecule is COC(=O)c1nc(C(F)(F)F)n2c1CN(C(=O)c1cc(Cc3n[nH]c(=O)c4ccccc34)ccc1F)CC2.O=C(O)c1nc(C(F)(F)F)n2c1CN(C(=O)c1cc(Cc3n[nH]c(=O)c4ccccc34)ccc1F)CC2.O=C(O)c1nc(C(F)(F)F)n2c1CN(C(=O)c1cc(Cc3n[nH]c(=O)c4ccccc34)ccc1F)CC2. The summed E-state index contributed by atoms with van der Waals surface area (Å²) in [5.41, 5.74) is -1.92. The first kappa shape index (κ1) is 76.5. The number of alkyl halides is 9. The molecule has 0 atom stereocenters. The van der Waals surface area contributed by atoms with E-state index in [4.69, 9.17) is 0 Å². The van der Waals surface area contributed by atoms with Crippen LogP contribution in [0.3, 0.4) is 0 Å². The number of imidazole rings is 3. The van der Waals surface area contributed by atoms with Crippen LogP contribution < -0.4 is 16.7 Å². The minimum absolute atomic E-state index is 0.149. The van der Waals surface area contributed by atoms with Crippen molar-refractivity contribution in [2.45, 2.75) is 77.1 Å². The van der Waals surface area contributed by atoms with E-state index in [0.29, 0.717) is 66.1 Å². The quantitative estimate of drug-likeness (QED) is 0.0561. The molecule has 5 N–H and O–H groups in total. The first-order valence-electron chi connectivity index (χ1n) is 33.3. The van der Waals surface area contributed by atoms with Gasteiger partial charge in [0.05, 0.1) is 93.8 Å². The molecule has 15 rings (SSSR count). The number of benzene rings is 6. The van der Waals surface area contributed by atoms with Crippen molar-refractivity contribution < 1.29 is 96.4 Å². The first-order valence-corrected chi connectivity index (χ1v) is 33.3. The fraction of sp³-hybridized carbons (Fsp3) is 0.219. The average molecular weight is 1560 g/mol. The van der Waals surface area contributed by atoms with E-state index in [0.717, 1.165) is 53.7 Å². The zero-order valence-corrected chi connectivity index (χ0v) is 57.5. The monoisotopic (exact) mass is 1560 g/mol. The van der Waals surface area contributed by atoms with Crippen LogP contribution in [0.25, 0.3) is 32.3 Å². The van der Waals surface area contributed by atoms with Gasteiger partial charge in [0.15, 0.2) is 17.1 Å². The third-order valence-electron chi connectivity index (χ3n) is 18.6. The molecule has 9 heterocycles. The first-order chi connectivity index (χ1) is 53.2. The van der Waals surface area contributed by atoms with E-state index < -0.39 is 126 Å². The Morgan fingerprint density at radius 2 is 0.670 bits per heavy atom. The van der Waals surface area contributed by atoms with Gasteiger partial charge in [-0.15, -0.1) is 0 Å². The molecule has 3 aliphatic rings. The Balaban J connectivity index is 0.000000147. The van der Waals surface area contributed by atoms with Crippen LogP contribution in [0.1, 0.15) is 131 Å². The number of carboxylic acids is 2.